The second-order valence-corrected chi connectivity index (χ2v) is 7.47. The molecule has 0 spiro atoms. The summed E-state index contributed by atoms with van der Waals surface area (Å²) in [6, 6.07) is 17.0. The number of para-hydroxylation sites is 1. The first-order chi connectivity index (χ1) is 15.0. The van der Waals surface area contributed by atoms with E-state index in [2.05, 4.69) is 34.6 Å². The fourth-order valence-corrected chi connectivity index (χ4v) is 3.30. The van der Waals surface area contributed by atoms with Gasteiger partial charge in [-0.15, -0.1) is 0 Å². The Balaban J connectivity index is 1.44. The molecule has 1 N–H and O–H groups in total. The number of aryl methyl sites for hydroxylation is 2. The number of carbonyl (C=O) groups is 1. The lowest BCUT2D eigenvalue weighted by molar-refractivity contribution is 0.101. The zero-order valence-corrected chi connectivity index (χ0v) is 17.9. The van der Waals surface area contributed by atoms with E-state index in [-0.39, 0.29) is 12.3 Å². The van der Waals surface area contributed by atoms with Crippen LogP contribution < -0.4 is 10.1 Å². The average molecular weight is 437 g/mol. The van der Waals surface area contributed by atoms with Crippen LogP contribution in [0.15, 0.2) is 65.3 Å². The van der Waals surface area contributed by atoms with Gasteiger partial charge in [0.2, 0.25) is 0 Å². The van der Waals surface area contributed by atoms with Crippen LogP contribution in [0.1, 0.15) is 32.9 Å². The molecule has 0 saturated carbocycles. The molecule has 4 aromatic rings. The summed E-state index contributed by atoms with van der Waals surface area (Å²) >= 11 is 6.13. The van der Waals surface area contributed by atoms with Crippen LogP contribution in [-0.2, 0) is 13.2 Å². The lowest BCUT2D eigenvalue weighted by Gasteiger charge is -2.08. The van der Waals surface area contributed by atoms with Gasteiger partial charge in [-0.05, 0) is 37.1 Å². The zero-order valence-electron chi connectivity index (χ0n) is 17.1. The molecule has 2 aromatic heterocycles. The molecule has 7 nitrogen and oxygen atoms in total. The fraction of sp³-hybridized carbons (Fsp3) is 0.174. The second kappa shape index (κ2) is 9.06. The Labute approximate surface area is 184 Å². The number of anilines is 1. The number of amides is 1. The van der Waals surface area contributed by atoms with E-state index in [1.165, 1.54) is 5.56 Å². The van der Waals surface area contributed by atoms with Crippen LogP contribution in [0.4, 0.5) is 5.82 Å². The molecule has 0 radical (unpaired) electrons. The average Bonchev–Trinajstić information content (AvgIpc) is 3.35. The Hall–Kier alpha value is -3.58. The molecular weight excluding hydrogens is 416 g/mol. The van der Waals surface area contributed by atoms with Gasteiger partial charge in [-0.1, -0.05) is 53.2 Å². The summed E-state index contributed by atoms with van der Waals surface area (Å²) in [6.07, 6.45) is 1.82. The highest BCUT2D eigenvalue weighted by Gasteiger charge is 2.21. The van der Waals surface area contributed by atoms with Crippen LogP contribution in [0, 0.1) is 13.8 Å². The molecule has 0 fully saturated rings. The molecular formula is C23H21ClN4O3. The van der Waals surface area contributed by atoms with E-state index in [1.807, 2.05) is 30.5 Å². The summed E-state index contributed by atoms with van der Waals surface area (Å²) in [5, 5.41) is 11.6. The predicted molar refractivity (Wildman–Crippen MR) is 117 cm³/mol. The third kappa shape index (κ3) is 4.78. The van der Waals surface area contributed by atoms with Crippen molar-refractivity contribution in [3.8, 4) is 5.75 Å². The first-order valence-electron chi connectivity index (χ1n) is 9.73. The van der Waals surface area contributed by atoms with E-state index in [0.29, 0.717) is 34.5 Å². The van der Waals surface area contributed by atoms with Crippen molar-refractivity contribution in [3.05, 3.63) is 94.0 Å². The molecule has 2 heterocycles. The molecule has 0 aliphatic rings. The van der Waals surface area contributed by atoms with Crippen molar-refractivity contribution in [2.24, 2.45) is 0 Å². The van der Waals surface area contributed by atoms with Gasteiger partial charge in [0.05, 0.1) is 17.1 Å². The maximum Gasteiger partial charge on any atom is 0.279 e. The second-order valence-electron chi connectivity index (χ2n) is 7.06. The number of hydrogen-bond acceptors (Lipinski definition) is 5. The van der Waals surface area contributed by atoms with Gasteiger partial charge in [-0.25, -0.2) is 0 Å². The van der Waals surface area contributed by atoms with Crippen molar-refractivity contribution in [3.63, 3.8) is 0 Å². The largest absolute Gasteiger partial charge is 0.487 e. The third-order valence-electron chi connectivity index (χ3n) is 4.88. The molecule has 2 aromatic carbocycles. The Bertz CT molecular complexity index is 1220. The number of benzene rings is 2. The molecule has 31 heavy (non-hydrogen) atoms. The van der Waals surface area contributed by atoms with E-state index >= 15 is 0 Å². The van der Waals surface area contributed by atoms with Gasteiger partial charge >= 0.3 is 0 Å². The van der Waals surface area contributed by atoms with Crippen molar-refractivity contribution in [1.82, 2.24) is 14.9 Å². The van der Waals surface area contributed by atoms with Crippen LogP contribution in [0.5, 0.6) is 5.75 Å². The lowest BCUT2D eigenvalue weighted by Crippen LogP contribution is -2.16. The van der Waals surface area contributed by atoms with Gasteiger partial charge in [-0.2, -0.15) is 5.10 Å². The number of ether oxygens (including phenoxy) is 1. The van der Waals surface area contributed by atoms with E-state index in [9.17, 15) is 4.79 Å². The minimum atomic E-state index is -0.421. The Morgan fingerprint density at radius 1 is 1.13 bits per heavy atom. The smallest absolute Gasteiger partial charge is 0.279 e. The van der Waals surface area contributed by atoms with Gasteiger partial charge in [0.15, 0.2) is 11.5 Å². The van der Waals surface area contributed by atoms with Crippen LogP contribution >= 0.6 is 11.6 Å². The monoisotopic (exact) mass is 436 g/mol. The number of nitrogens with zero attached hydrogens (tertiary/aromatic N) is 3. The van der Waals surface area contributed by atoms with E-state index in [0.717, 1.165) is 5.56 Å². The lowest BCUT2D eigenvalue weighted by atomic mass is 10.1. The minimum Gasteiger partial charge on any atom is -0.487 e. The first kappa shape index (κ1) is 20.7. The molecule has 0 aliphatic heterocycles. The summed E-state index contributed by atoms with van der Waals surface area (Å²) < 4.78 is 12.7. The van der Waals surface area contributed by atoms with Gasteiger partial charge in [-0.3, -0.25) is 9.48 Å². The Morgan fingerprint density at radius 2 is 1.90 bits per heavy atom. The summed E-state index contributed by atoms with van der Waals surface area (Å²) in [5.74, 6) is 1.03. The zero-order chi connectivity index (χ0) is 21.8. The number of hydrogen-bond donors (Lipinski definition) is 1. The van der Waals surface area contributed by atoms with Crippen LogP contribution in [0.3, 0.4) is 0 Å². The van der Waals surface area contributed by atoms with Crippen molar-refractivity contribution in [2.75, 3.05) is 5.32 Å². The molecule has 0 atom stereocenters. The van der Waals surface area contributed by atoms with Gasteiger partial charge in [0.1, 0.15) is 18.1 Å². The standard InChI is InChI=1S/C23H21ClN4O3/c1-15-7-3-4-8-17(15)13-28-12-11-21(26-28)25-23(29)22-18(16(2)31-27-22)14-30-20-10-6-5-9-19(20)24/h3-12H,13-14H2,1-2H3,(H,25,26,29). The van der Waals surface area contributed by atoms with Crippen LogP contribution in [0.25, 0.3) is 0 Å². The van der Waals surface area contributed by atoms with Crippen LogP contribution in [-0.4, -0.2) is 20.8 Å². The van der Waals surface area contributed by atoms with Crippen molar-refractivity contribution in [1.29, 1.82) is 0 Å². The maximum absolute atomic E-state index is 12.8. The number of aromatic nitrogens is 3. The number of rotatable bonds is 7. The van der Waals surface area contributed by atoms with Gasteiger partial charge < -0.3 is 14.6 Å². The number of nitrogens with one attached hydrogen (secondary N) is 1. The van der Waals surface area contributed by atoms with Gasteiger partial charge in [0.25, 0.3) is 5.91 Å². The van der Waals surface area contributed by atoms with Crippen LogP contribution in [0.2, 0.25) is 5.02 Å². The molecule has 1 amide bonds. The van der Waals surface area contributed by atoms with Crippen molar-refractivity contribution >= 4 is 23.3 Å². The topological polar surface area (TPSA) is 82.2 Å². The molecule has 158 valence electrons. The molecule has 0 bridgehead atoms. The van der Waals surface area contributed by atoms with E-state index < -0.39 is 5.91 Å². The SMILES string of the molecule is Cc1ccccc1Cn1ccc(NC(=O)c2noc(C)c2COc2ccccc2Cl)n1. The molecule has 0 saturated heterocycles. The highest BCUT2D eigenvalue weighted by atomic mass is 35.5. The molecule has 4 rings (SSSR count). The minimum absolute atomic E-state index is 0.101. The fourth-order valence-electron chi connectivity index (χ4n) is 3.11. The first-order valence-corrected chi connectivity index (χ1v) is 10.1. The van der Waals surface area contributed by atoms with Gasteiger partial charge in [0, 0.05) is 12.3 Å². The normalized spacial score (nSPS) is 10.8. The predicted octanol–water partition coefficient (Wildman–Crippen LogP) is 5.02. The highest BCUT2D eigenvalue weighted by Crippen LogP contribution is 2.25. The quantitative estimate of drug-likeness (QED) is 0.439. The van der Waals surface area contributed by atoms with E-state index in [4.69, 9.17) is 20.9 Å². The highest BCUT2D eigenvalue weighted by molar-refractivity contribution is 6.32. The van der Waals surface area contributed by atoms with Crippen molar-refractivity contribution < 1.29 is 14.1 Å². The third-order valence-corrected chi connectivity index (χ3v) is 5.20. The van der Waals surface area contributed by atoms with Crippen molar-refractivity contribution in [2.45, 2.75) is 27.0 Å². The Kier molecular flexibility index (Phi) is 6.04. The summed E-state index contributed by atoms with van der Waals surface area (Å²) in [6.45, 7) is 4.50. The molecule has 8 heteroatoms. The number of halogens is 1. The Morgan fingerprint density at radius 3 is 2.71 bits per heavy atom. The summed E-state index contributed by atoms with van der Waals surface area (Å²) in [7, 11) is 0. The van der Waals surface area contributed by atoms with E-state index in [1.54, 1.807) is 29.8 Å². The maximum atomic E-state index is 12.8. The summed E-state index contributed by atoms with van der Waals surface area (Å²) in [4.78, 5) is 12.8. The summed E-state index contributed by atoms with van der Waals surface area (Å²) in [5.41, 5.74) is 3.05. The molecule has 0 unspecified atom stereocenters. The number of carbonyl (C=O) groups excluding carboxylic acids is 1. The molecule has 0 aliphatic carbocycles.